The van der Waals surface area contributed by atoms with Crippen molar-refractivity contribution >= 4 is 35.0 Å². The number of anilines is 5. The molecule has 1 amide bonds. The van der Waals surface area contributed by atoms with Gasteiger partial charge in [-0.2, -0.15) is 4.98 Å². The highest BCUT2D eigenvalue weighted by Gasteiger charge is 2.26. The molecule has 1 fully saturated rings. The van der Waals surface area contributed by atoms with Crippen LogP contribution in [0.5, 0.6) is 0 Å². The summed E-state index contributed by atoms with van der Waals surface area (Å²) < 4.78 is 0. The summed E-state index contributed by atoms with van der Waals surface area (Å²) in [5.41, 5.74) is 2.67. The highest BCUT2D eigenvalue weighted by atomic mass is 16.1. The lowest BCUT2D eigenvalue weighted by Gasteiger charge is -2.34. The van der Waals surface area contributed by atoms with E-state index in [1.165, 1.54) is 0 Å². The number of carbonyl (C=O) groups excluding carboxylic acids is 1. The predicted molar refractivity (Wildman–Crippen MR) is 111 cm³/mol. The van der Waals surface area contributed by atoms with E-state index in [1.807, 2.05) is 37.3 Å². The number of aryl methyl sites for hydroxylation is 1. The van der Waals surface area contributed by atoms with Gasteiger partial charge in [0.25, 0.3) is 5.91 Å². The van der Waals surface area contributed by atoms with E-state index in [0.717, 1.165) is 43.5 Å². The maximum atomic E-state index is 12.7. The summed E-state index contributed by atoms with van der Waals surface area (Å²) in [5, 5.41) is 6.22. The Morgan fingerprint density at radius 1 is 0.828 bits per heavy atom. The summed E-state index contributed by atoms with van der Waals surface area (Å²) in [6.45, 7) is 4.90. The second kappa shape index (κ2) is 7.01. The molecule has 4 heterocycles. The molecular weight excluding hydrogens is 368 g/mol. The first-order chi connectivity index (χ1) is 14.2. The number of fused-ring (bicyclic) bond motifs is 2. The molecule has 1 saturated heterocycles. The second-order valence-electron chi connectivity index (χ2n) is 6.98. The number of piperazine rings is 1. The smallest absolute Gasteiger partial charge is 0.261 e. The highest BCUT2D eigenvalue weighted by molar-refractivity contribution is 6.12. The maximum Gasteiger partial charge on any atom is 0.261 e. The van der Waals surface area contributed by atoms with Gasteiger partial charge in [-0.15, -0.1) is 0 Å². The average molecular weight is 388 g/mol. The van der Waals surface area contributed by atoms with Gasteiger partial charge in [0.15, 0.2) is 0 Å². The fraction of sp³-hybridized carbons (Fsp3) is 0.250. The Morgan fingerprint density at radius 3 is 2.14 bits per heavy atom. The van der Waals surface area contributed by atoms with Gasteiger partial charge < -0.3 is 20.4 Å². The largest absolute Gasteiger partial charge is 0.338 e. The molecule has 0 aliphatic carbocycles. The third-order valence-electron chi connectivity index (χ3n) is 5.13. The predicted octanol–water partition coefficient (Wildman–Crippen LogP) is 2.21. The van der Waals surface area contributed by atoms with Crippen molar-refractivity contribution in [3.05, 3.63) is 54.0 Å². The molecule has 2 aliphatic rings. The molecule has 29 heavy (non-hydrogen) atoms. The van der Waals surface area contributed by atoms with Gasteiger partial charge in [-0.05, 0) is 25.1 Å². The average Bonchev–Trinajstić information content (AvgIpc) is 2.90. The fourth-order valence-electron chi connectivity index (χ4n) is 3.64. The first-order valence-electron chi connectivity index (χ1n) is 9.52. The van der Waals surface area contributed by atoms with E-state index >= 15 is 0 Å². The second-order valence-corrected chi connectivity index (χ2v) is 6.98. The number of nitrogens with zero attached hydrogens (tertiary/aromatic N) is 6. The molecule has 2 aromatic heterocycles. The summed E-state index contributed by atoms with van der Waals surface area (Å²) >= 11 is 0. The van der Waals surface area contributed by atoms with Crippen LogP contribution in [0.1, 0.15) is 16.1 Å². The van der Waals surface area contributed by atoms with Crippen LogP contribution in [-0.2, 0) is 0 Å². The quantitative estimate of drug-likeness (QED) is 0.689. The first kappa shape index (κ1) is 17.4. The highest BCUT2D eigenvalue weighted by Crippen LogP contribution is 2.32. The topological polar surface area (TPSA) is 99.2 Å². The number of nitrogens with one attached hydrogen (secondary N) is 2. The van der Waals surface area contributed by atoms with Crippen LogP contribution in [0.2, 0.25) is 0 Å². The molecule has 0 radical (unpaired) electrons. The van der Waals surface area contributed by atoms with Gasteiger partial charge in [0.1, 0.15) is 11.4 Å². The summed E-state index contributed by atoms with van der Waals surface area (Å²) in [5.74, 6) is 1.69. The molecular formula is C20H20N8O. The van der Waals surface area contributed by atoms with Gasteiger partial charge in [-0.3, -0.25) is 4.79 Å². The zero-order chi connectivity index (χ0) is 19.8. The van der Waals surface area contributed by atoms with Crippen LogP contribution in [0.15, 0.2) is 42.7 Å². The molecule has 9 heteroatoms. The monoisotopic (exact) mass is 388 g/mol. The molecule has 2 N–H and O–H groups in total. The van der Waals surface area contributed by atoms with Crippen LogP contribution >= 0.6 is 0 Å². The molecule has 0 unspecified atom stereocenters. The van der Waals surface area contributed by atoms with Crippen molar-refractivity contribution in [2.75, 3.05) is 46.6 Å². The molecule has 2 aliphatic heterocycles. The van der Waals surface area contributed by atoms with Crippen LogP contribution in [0.25, 0.3) is 0 Å². The summed E-state index contributed by atoms with van der Waals surface area (Å²) in [6.07, 6.45) is 3.50. The van der Waals surface area contributed by atoms with Crippen molar-refractivity contribution < 1.29 is 4.79 Å². The van der Waals surface area contributed by atoms with Crippen LogP contribution in [0.4, 0.5) is 29.1 Å². The first-order valence-corrected chi connectivity index (χ1v) is 9.52. The number of hydrogen-bond acceptors (Lipinski definition) is 8. The minimum atomic E-state index is -0.201. The van der Waals surface area contributed by atoms with Gasteiger partial charge in [0, 0.05) is 38.6 Å². The molecule has 146 valence electrons. The lowest BCUT2D eigenvalue weighted by atomic mass is 10.2. The van der Waals surface area contributed by atoms with Crippen molar-refractivity contribution in [2.45, 2.75) is 6.92 Å². The SMILES string of the molecule is Cc1nc(N2CCN(c3ncccn3)CC2)nc2c1C(=O)Nc1ccccc1N2. The minimum Gasteiger partial charge on any atom is -0.338 e. The van der Waals surface area contributed by atoms with Crippen LogP contribution in [0.3, 0.4) is 0 Å². The number of rotatable bonds is 2. The molecule has 9 nitrogen and oxygen atoms in total. The Bertz CT molecular complexity index is 1060. The number of benzene rings is 1. The van der Waals surface area contributed by atoms with E-state index in [9.17, 15) is 4.79 Å². The van der Waals surface area contributed by atoms with Gasteiger partial charge in [0.2, 0.25) is 11.9 Å². The zero-order valence-electron chi connectivity index (χ0n) is 16.0. The number of amides is 1. The van der Waals surface area contributed by atoms with Crippen molar-refractivity contribution in [3.8, 4) is 0 Å². The zero-order valence-corrected chi connectivity index (χ0v) is 16.0. The van der Waals surface area contributed by atoms with Gasteiger partial charge >= 0.3 is 0 Å². The van der Waals surface area contributed by atoms with E-state index in [-0.39, 0.29) is 5.91 Å². The lowest BCUT2D eigenvalue weighted by molar-refractivity contribution is 0.102. The molecule has 0 atom stereocenters. The van der Waals surface area contributed by atoms with E-state index < -0.39 is 0 Å². The van der Waals surface area contributed by atoms with E-state index in [1.54, 1.807) is 12.4 Å². The van der Waals surface area contributed by atoms with Crippen molar-refractivity contribution in [2.24, 2.45) is 0 Å². The van der Waals surface area contributed by atoms with Crippen molar-refractivity contribution in [1.29, 1.82) is 0 Å². The summed E-state index contributed by atoms with van der Waals surface area (Å²) in [7, 11) is 0. The van der Waals surface area contributed by atoms with Crippen molar-refractivity contribution in [1.82, 2.24) is 19.9 Å². The fourth-order valence-corrected chi connectivity index (χ4v) is 3.64. The number of para-hydroxylation sites is 2. The molecule has 1 aromatic carbocycles. The Morgan fingerprint density at radius 2 is 1.45 bits per heavy atom. The molecule has 0 spiro atoms. The van der Waals surface area contributed by atoms with Crippen molar-refractivity contribution in [3.63, 3.8) is 0 Å². The van der Waals surface area contributed by atoms with Gasteiger partial charge in [0.05, 0.1) is 17.1 Å². The summed E-state index contributed by atoms with van der Waals surface area (Å²) in [4.78, 5) is 35.0. The third-order valence-corrected chi connectivity index (χ3v) is 5.13. The normalized spacial score (nSPS) is 15.7. The Labute approximate surface area is 167 Å². The van der Waals surface area contributed by atoms with Gasteiger partial charge in [-0.25, -0.2) is 15.0 Å². The number of hydrogen-bond donors (Lipinski definition) is 2. The number of aromatic nitrogens is 4. The Kier molecular flexibility index (Phi) is 4.19. The van der Waals surface area contributed by atoms with E-state index in [2.05, 4.69) is 35.4 Å². The molecule has 3 aromatic rings. The van der Waals surface area contributed by atoms with Gasteiger partial charge in [-0.1, -0.05) is 12.1 Å². The Hall–Kier alpha value is -3.75. The van der Waals surface area contributed by atoms with E-state index in [4.69, 9.17) is 4.98 Å². The van der Waals surface area contributed by atoms with E-state index in [0.29, 0.717) is 23.0 Å². The van der Waals surface area contributed by atoms with Crippen LogP contribution in [-0.4, -0.2) is 52.0 Å². The molecule has 0 saturated carbocycles. The Balaban J connectivity index is 1.41. The standard InChI is InChI=1S/C20H20N8O/c1-13-16-17(24-14-5-2-3-6-15(14)25-18(16)29)26-20(23-13)28-11-9-27(10-12-28)19-21-7-4-8-22-19/h2-8H,9-12H2,1H3,(H,25,29)(H,23,24,26). The molecule has 5 rings (SSSR count). The maximum absolute atomic E-state index is 12.7. The third kappa shape index (κ3) is 3.20. The van der Waals surface area contributed by atoms with Crippen LogP contribution < -0.4 is 20.4 Å². The summed E-state index contributed by atoms with van der Waals surface area (Å²) in [6, 6.07) is 9.40. The number of carbonyl (C=O) groups is 1. The lowest BCUT2D eigenvalue weighted by Crippen LogP contribution is -2.47. The molecule has 0 bridgehead atoms. The van der Waals surface area contributed by atoms with Crippen LogP contribution in [0, 0.1) is 6.92 Å². The minimum absolute atomic E-state index is 0.201.